The van der Waals surface area contributed by atoms with Crippen molar-refractivity contribution >= 4 is 44.9 Å². The number of anilines is 1. The second kappa shape index (κ2) is 8.31. The Labute approximate surface area is 160 Å². The number of ether oxygens (including phenoxy) is 2. The van der Waals surface area contributed by atoms with E-state index in [0.717, 1.165) is 21.3 Å². The molecule has 0 saturated carbocycles. The number of carbonyl (C=O) groups is 1. The van der Waals surface area contributed by atoms with Crippen LogP contribution in [-0.2, 0) is 0 Å². The van der Waals surface area contributed by atoms with E-state index in [4.69, 9.17) is 21.7 Å². The van der Waals surface area contributed by atoms with Crippen LogP contribution in [0.2, 0.25) is 0 Å². The first-order chi connectivity index (χ1) is 11.8. The minimum atomic E-state index is -0.335. The molecule has 0 aliphatic heterocycles. The zero-order chi connectivity index (χ0) is 18.6. The SMILES string of the molecule is COc1ccc(C(=O)NC(=S)Nc2cc(C)c(C)cc2Br)cc1OC. The molecule has 1 amide bonds. The lowest BCUT2D eigenvalue weighted by atomic mass is 10.1. The minimum Gasteiger partial charge on any atom is -0.493 e. The van der Waals surface area contributed by atoms with Crippen LogP contribution < -0.4 is 20.1 Å². The van der Waals surface area contributed by atoms with E-state index in [1.54, 1.807) is 18.2 Å². The number of nitrogens with one attached hydrogen (secondary N) is 2. The Balaban J connectivity index is 2.10. The molecule has 0 atom stereocenters. The Morgan fingerprint density at radius 1 is 1.04 bits per heavy atom. The maximum atomic E-state index is 12.4. The fourth-order valence-electron chi connectivity index (χ4n) is 2.18. The smallest absolute Gasteiger partial charge is 0.257 e. The molecule has 0 bridgehead atoms. The van der Waals surface area contributed by atoms with Crippen LogP contribution in [0.4, 0.5) is 5.69 Å². The molecule has 0 heterocycles. The Hall–Kier alpha value is -2.12. The van der Waals surface area contributed by atoms with Gasteiger partial charge in [-0.1, -0.05) is 0 Å². The fraction of sp³-hybridized carbons (Fsp3) is 0.222. The van der Waals surface area contributed by atoms with Gasteiger partial charge in [0, 0.05) is 10.0 Å². The lowest BCUT2D eigenvalue weighted by Crippen LogP contribution is -2.34. The van der Waals surface area contributed by atoms with Crippen molar-refractivity contribution in [3.63, 3.8) is 0 Å². The summed E-state index contributed by atoms with van der Waals surface area (Å²) in [5, 5.41) is 5.90. The molecule has 0 unspecified atom stereocenters. The third kappa shape index (κ3) is 4.70. The molecule has 0 aliphatic carbocycles. The molecule has 0 saturated heterocycles. The molecular formula is C18H19BrN2O3S. The van der Waals surface area contributed by atoms with Gasteiger partial charge in [-0.15, -0.1) is 0 Å². The molecule has 0 aromatic heterocycles. The minimum absolute atomic E-state index is 0.212. The van der Waals surface area contributed by atoms with Crippen molar-refractivity contribution in [3.8, 4) is 11.5 Å². The number of hydrogen-bond acceptors (Lipinski definition) is 4. The van der Waals surface area contributed by atoms with Crippen molar-refractivity contribution in [2.75, 3.05) is 19.5 Å². The van der Waals surface area contributed by atoms with E-state index >= 15 is 0 Å². The van der Waals surface area contributed by atoms with Crippen molar-refractivity contribution in [3.05, 3.63) is 51.5 Å². The van der Waals surface area contributed by atoms with Crippen LogP contribution in [0.25, 0.3) is 0 Å². The van der Waals surface area contributed by atoms with Gasteiger partial charge in [-0.25, -0.2) is 0 Å². The van der Waals surface area contributed by atoms with Gasteiger partial charge in [-0.2, -0.15) is 0 Å². The number of amides is 1. The van der Waals surface area contributed by atoms with Crippen LogP contribution in [0.1, 0.15) is 21.5 Å². The molecule has 0 spiro atoms. The van der Waals surface area contributed by atoms with Gasteiger partial charge in [-0.3, -0.25) is 10.1 Å². The van der Waals surface area contributed by atoms with Crippen molar-refractivity contribution in [2.24, 2.45) is 0 Å². The molecule has 0 radical (unpaired) electrons. The molecule has 25 heavy (non-hydrogen) atoms. The molecule has 2 aromatic carbocycles. The van der Waals surface area contributed by atoms with E-state index in [1.165, 1.54) is 14.2 Å². The molecule has 0 fully saturated rings. The highest BCUT2D eigenvalue weighted by Crippen LogP contribution is 2.28. The molecule has 7 heteroatoms. The fourth-order valence-corrected chi connectivity index (χ4v) is 2.94. The summed E-state index contributed by atoms with van der Waals surface area (Å²) >= 11 is 8.73. The van der Waals surface area contributed by atoms with E-state index in [9.17, 15) is 4.79 Å². The van der Waals surface area contributed by atoms with Gasteiger partial charge in [0.2, 0.25) is 0 Å². The van der Waals surface area contributed by atoms with Crippen LogP contribution in [0, 0.1) is 13.8 Å². The average molecular weight is 423 g/mol. The summed E-state index contributed by atoms with van der Waals surface area (Å²) in [5.41, 5.74) is 3.50. The molecule has 132 valence electrons. The normalized spacial score (nSPS) is 10.1. The van der Waals surface area contributed by atoms with Crippen molar-refractivity contribution in [1.82, 2.24) is 5.32 Å². The Kier molecular flexibility index (Phi) is 6.39. The summed E-state index contributed by atoms with van der Waals surface area (Å²) in [6.45, 7) is 4.04. The van der Waals surface area contributed by atoms with Crippen molar-refractivity contribution in [2.45, 2.75) is 13.8 Å². The third-order valence-corrected chi connectivity index (χ3v) is 4.56. The predicted molar refractivity (Wildman–Crippen MR) is 107 cm³/mol. The topological polar surface area (TPSA) is 59.6 Å². The summed E-state index contributed by atoms with van der Waals surface area (Å²) in [5.74, 6) is 0.697. The number of hydrogen-bond donors (Lipinski definition) is 2. The lowest BCUT2D eigenvalue weighted by molar-refractivity contribution is 0.0977. The number of rotatable bonds is 4. The first kappa shape index (κ1) is 19.2. The maximum Gasteiger partial charge on any atom is 0.257 e. The number of halogens is 1. The summed E-state index contributed by atoms with van der Waals surface area (Å²) in [6.07, 6.45) is 0. The molecular weight excluding hydrogens is 404 g/mol. The molecule has 2 aromatic rings. The summed E-state index contributed by atoms with van der Waals surface area (Å²) in [4.78, 5) is 12.4. The Bertz CT molecular complexity index is 824. The molecule has 2 N–H and O–H groups in total. The van der Waals surface area contributed by atoms with Gasteiger partial charge in [0.15, 0.2) is 16.6 Å². The monoisotopic (exact) mass is 422 g/mol. The standard InChI is InChI=1S/C18H19BrN2O3S/c1-10-7-13(19)14(8-11(10)2)20-18(25)21-17(22)12-5-6-15(23-3)16(9-12)24-4/h5-9H,1-4H3,(H2,20,21,22,25). The van der Waals surface area contributed by atoms with Gasteiger partial charge in [0.05, 0.1) is 19.9 Å². The van der Waals surface area contributed by atoms with Crippen LogP contribution in [0.5, 0.6) is 11.5 Å². The van der Waals surface area contributed by atoms with Crippen LogP contribution in [0.15, 0.2) is 34.8 Å². The highest BCUT2D eigenvalue weighted by atomic mass is 79.9. The summed E-state index contributed by atoms with van der Waals surface area (Å²) < 4.78 is 11.2. The second-order valence-electron chi connectivity index (χ2n) is 5.39. The zero-order valence-corrected chi connectivity index (χ0v) is 16.8. The maximum absolute atomic E-state index is 12.4. The predicted octanol–water partition coefficient (Wildman–Crippen LogP) is 4.21. The number of methoxy groups -OCH3 is 2. The summed E-state index contributed by atoms with van der Waals surface area (Å²) in [6, 6.07) is 8.88. The zero-order valence-electron chi connectivity index (χ0n) is 14.4. The highest BCUT2D eigenvalue weighted by molar-refractivity contribution is 9.10. The summed E-state index contributed by atoms with van der Waals surface area (Å²) in [7, 11) is 3.06. The first-order valence-corrected chi connectivity index (χ1v) is 8.67. The van der Waals surface area contributed by atoms with E-state index in [-0.39, 0.29) is 11.0 Å². The second-order valence-corrected chi connectivity index (χ2v) is 6.66. The Morgan fingerprint density at radius 2 is 1.68 bits per heavy atom. The highest BCUT2D eigenvalue weighted by Gasteiger charge is 2.13. The van der Waals surface area contributed by atoms with E-state index in [0.29, 0.717) is 17.1 Å². The number of carbonyl (C=O) groups excluding carboxylic acids is 1. The van der Waals surface area contributed by atoms with E-state index < -0.39 is 0 Å². The van der Waals surface area contributed by atoms with Gasteiger partial charge in [0.1, 0.15) is 0 Å². The quantitative estimate of drug-likeness (QED) is 0.722. The lowest BCUT2D eigenvalue weighted by Gasteiger charge is -2.14. The van der Waals surface area contributed by atoms with Gasteiger partial charge in [0.25, 0.3) is 5.91 Å². The first-order valence-electron chi connectivity index (χ1n) is 7.46. The average Bonchev–Trinajstić information content (AvgIpc) is 2.58. The Morgan fingerprint density at radius 3 is 2.32 bits per heavy atom. The van der Waals surface area contributed by atoms with E-state index in [1.807, 2.05) is 26.0 Å². The van der Waals surface area contributed by atoms with Crippen LogP contribution >= 0.6 is 28.1 Å². The molecule has 5 nitrogen and oxygen atoms in total. The number of benzene rings is 2. The van der Waals surface area contributed by atoms with Crippen LogP contribution in [-0.4, -0.2) is 25.2 Å². The van der Waals surface area contributed by atoms with E-state index in [2.05, 4.69) is 26.6 Å². The van der Waals surface area contributed by atoms with Crippen molar-refractivity contribution in [1.29, 1.82) is 0 Å². The van der Waals surface area contributed by atoms with Gasteiger partial charge in [-0.05, 0) is 83.5 Å². The number of aryl methyl sites for hydroxylation is 2. The third-order valence-electron chi connectivity index (χ3n) is 3.70. The largest absolute Gasteiger partial charge is 0.493 e. The van der Waals surface area contributed by atoms with Crippen LogP contribution in [0.3, 0.4) is 0 Å². The van der Waals surface area contributed by atoms with Crippen molar-refractivity contribution < 1.29 is 14.3 Å². The number of thiocarbonyl (C=S) groups is 1. The molecule has 2 rings (SSSR count). The van der Waals surface area contributed by atoms with Gasteiger partial charge >= 0.3 is 0 Å². The van der Waals surface area contributed by atoms with Gasteiger partial charge < -0.3 is 14.8 Å². The molecule has 0 aliphatic rings.